The molecule has 0 aliphatic rings. The highest BCUT2D eigenvalue weighted by atomic mass is 16.6. The van der Waals surface area contributed by atoms with E-state index < -0.39 is 10.8 Å². The fraction of sp³-hybridized carbons (Fsp3) is 0. The average Bonchev–Trinajstić information content (AvgIpc) is 3.05. The number of hydrogen-bond donors (Lipinski definition) is 2. The van der Waals surface area contributed by atoms with Crippen LogP contribution in [0.2, 0.25) is 0 Å². The number of H-pyrrole nitrogens is 1. The number of aromatic nitrogens is 3. The van der Waals surface area contributed by atoms with Crippen LogP contribution in [0.4, 0.5) is 11.4 Å². The molecule has 4 aromatic rings. The standard InChI is InChI=1S/C17H11N5O3/c23-17(19-14-5-1-3-10-4-2-8-18-15(10)14)16-12-9-11(22(24)25)6-7-13(12)20-21-16/h1-9H,(H,19,23)(H,20,21). The number of carbonyl (C=O) groups is 1. The first kappa shape index (κ1) is 14.8. The number of para-hydroxylation sites is 1. The van der Waals surface area contributed by atoms with Gasteiger partial charge in [0.1, 0.15) is 0 Å². The summed E-state index contributed by atoms with van der Waals surface area (Å²) in [6, 6.07) is 13.4. The Balaban J connectivity index is 1.75. The maximum atomic E-state index is 12.6. The zero-order chi connectivity index (χ0) is 17.4. The summed E-state index contributed by atoms with van der Waals surface area (Å²) in [6.07, 6.45) is 1.64. The quantitative estimate of drug-likeness (QED) is 0.441. The van der Waals surface area contributed by atoms with Gasteiger partial charge in [0, 0.05) is 29.1 Å². The minimum atomic E-state index is -0.511. The van der Waals surface area contributed by atoms with Crippen molar-refractivity contribution >= 4 is 39.1 Å². The number of hydrogen-bond acceptors (Lipinski definition) is 5. The minimum Gasteiger partial charge on any atom is -0.319 e. The first-order valence-electron chi connectivity index (χ1n) is 7.41. The molecule has 0 unspecified atom stereocenters. The van der Waals surface area contributed by atoms with E-state index in [-0.39, 0.29) is 11.4 Å². The third-order valence-corrected chi connectivity index (χ3v) is 3.85. The third kappa shape index (κ3) is 2.55. The van der Waals surface area contributed by atoms with Crippen molar-refractivity contribution in [2.24, 2.45) is 0 Å². The number of rotatable bonds is 3. The van der Waals surface area contributed by atoms with Crippen molar-refractivity contribution in [1.82, 2.24) is 15.2 Å². The molecule has 2 aromatic heterocycles. The smallest absolute Gasteiger partial charge is 0.276 e. The zero-order valence-corrected chi connectivity index (χ0v) is 12.8. The molecule has 0 aliphatic heterocycles. The molecule has 0 aliphatic carbocycles. The molecule has 0 saturated carbocycles. The second kappa shape index (κ2) is 5.68. The van der Waals surface area contributed by atoms with Crippen molar-refractivity contribution in [3.05, 3.63) is 70.5 Å². The van der Waals surface area contributed by atoms with Crippen molar-refractivity contribution in [1.29, 1.82) is 0 Å². The molecular formula is C17H11N5O3. The van der Waals surface area contributed by atoms with Crippen LogP contribution in [0.3, 0.4) is 0 Å². The Morgan fingerprint density at radius 2 is 2.00 bits per heavy atom. The van der Waals surface area contributed by atoms with Crippen LogP contribution < -0.4 is 5.32 Å². The van der Waals surface area contributed by atoms with Crippen LogP contribution in [0, 0.1) is 10.1 Å². The van der Waals surface area contributed by atoms with Crippen LogP contribution >= 0.6 is 0 Å². The number of fused-ring (bicyclic) bond motifs is 2. The molecule has 8 heteroatoms. The highest BCUT2D eigenvalue weighted by Crippen LogP contribution is 2.25. The number of nitro groups is 1. The molecule has 8 nitrogen and oxygen atoms in total. The van der Waals surface area contributed by atoms with Gasteiger partial charge in [-0.2, -0.15) is 5.10 Å². The lowest BCUT2D eigenvalue weighted by atomic mass is 10.1. The van der Waals surface area contributed by atoms with Crippen LogP contribution in [-0.2, 0) is 0 Å². The van der Waals surface area contributed by atoms with Gasteiger partial charge in [0.05, 0.1) is 21.6 Å². The van der Waals surface area contributed by atoms with Gasteiger partial charge >= 0.3 is 0 Å². The highest BCUT2D eigenvalue weighted by molar-refractivity contribution is 6.13. The van der Waals surface area contributed by atoms with Crippen molar-refractivity contribution in [2.75, 3.05) is 5.32 Å². The molecule has 0 fully saturated rings. The second-order valence-corrected chi connectivity index (χ2v) is 5.39. The van der Waals surface area contributed by atoms with E-state index in [0.717, 1.165) is 5.39 Å². The first-order chi connectivity index (χ1) is 12.1. The molecule has 0 saturated heterocycles. The van der Waals surface area contributed by atoms with E-state index in [1.54, 1.807) is 12.3 Å². The summed E-state index contributed by atoms with van der Waals surface area (Å²) in [5.41, 5.74) is 1.74. The van der Waals surface area contributed by atoms with Gasteiger partial charge in [-0.05, 0) is 18.2 Å². The van der Waals surface area contributed by atoms with Gasteiger partial charge in [0.15, 0.2) is 5.69 Å². The Kier molecular flexibility index (Phi) is 3.35. The van der Waals surface area contributed by atoms with Gasteiger partial charge < -0.3 is 5.32 Å². The van der Waals surface area contributed by atoms with Crippen LogP contribution in [0.25, 0.3) is 21.8 Å². The number of carbonyl (C=O) groups excluding carboxylic acids is 1. The molecule has 1 amide bonds. The van der Waals surface area contributed by atoms with E-state index in [2.05, 4.69) is 20.5 Å². The summed E-state index contributed by atoms with van der Waals surface area (Å²) < 4.78 is 0. The summed E-state index contributed by atoms with van der Waals surface area (Å²) in [4.78, 5) is 27.3. The van der Waals surface area contributed by atoms with Gasteiger partial charge in [-0.25, -0.2) is 0 Å². The van der Waals surface area contributed by atoms with Crippen molar-refractivity contribution in [3.63, 3.8) is 0 Å². The van der Waals surface area contributed by atoms with E-state index in [9.17, 15) is 14.9 Å². The Morgan fingerprint density at radius 3 is 2.84 bits per heavy atom. The number of non-ortho nitro benzene ring substituents is 1. The number of anilines is 1. The molecule has 25 heavy (non-hydrogen) atoms. The monoisotopic (exact) mass is 333 g/mol. The third-order valence-electron chi connectivity index (χ3n) is 3.85. The van der Waals surface area contributed by atoms with Gasteiger partial charge in [0.25, 0.3) is 11.6 Å². The number of nitrogens with one attached hydrogen (secondary N) is 2. The van der Waals surface area contributed by atoms with Crippen LogP contribution in [-0.4, -0.2) is 26.0 Å². The molecule has 0 bridgehead atoms. The van der Waals surface area contributed by atoms with Gasteiger partial charge in [-0.1, -0.05) is 18.2 Å². The van der Waals surface area contributed by atoms with E-state index in [0.29, 0.717) is 22.1 Å². The van der Waals surface area contributed by atoms with E-state index >= 15 is 0 Å². The molecule has 2 N–H and O–H groups in total. The predicted octanol–water partition coefficient (Wildman–Crippen LogP) is 3.27. The predicted molar refractivity (Wildman–Crippen MR) is 92.4 cm³/mol. The molecule has 0 spiro atoms. The molecular weight excluding hydrogens is 322 g/mol. The summed E-state index contributed by atoms with van der Waals surface area (Å²) in [5.74, 6) is -0.468. The molecule has 122 valence electrons. The fourth-order valence-corrected chi connectivity index (χ4v) is 2.68. The van der Waals surface area contributed by atoms with Crippen LogP contribution in [0.15, 0.2) is 54.7 Å². The van der Waals surface area contributed by atoms with Crippen molar-refractivity contribution < 1.29 is 9.72 Å². The lowest BCUT2D eigenvalue weighted by Gasteiger charge is -2.06. The normalized spacial score (nSPS) is 10.9. The Morgan fingerprint density at radius 1 is 1.16 bits per heavy atom. The number of nitro benzene ring substituents is 1. The van der Waals surface area contributed by atoms with E-state index in [1.807, 2.05) is 24.3 Å². The van der Waals surface area contributed by atoms with Crippen molar-refractivity contribution in [2.45, 2.75) is 0 Å². The molecule has 2 aromatic carbocycles. The number of nitrogens with zero attached hydrogens (tertiary/aromatic N) is 3. The topological polar surface area (TPSA) is 114 Å². The number of amides is 1. The lowest BCUT2D eigenvalue weighted by molar-refractivity contribution is -0.384. The summed E-state index contributed by atoms with van der Waals surface area (Å²) in [6.45, 7) is 0. The van der Waals surface area contributed by atoms with Crippen molar-refractivity contribution in [3.8, 4) is 0 Å². The Bertz CT molecular complexity index is 1130. The fourth-order valence-electron chi connectivity index (χ4n) is 2.68. The highest BCUT2D eigenvalue weighted by Gasteiger charge is 2.18. The molecule has 4 rings (SSSR count). The maximum absolute atomic E-state index is 12.6. The van der Waals surface area contributed by atoms with Gasteiger partial charge in [0.2, 0.25) is 0 Å². The van der Waals surface area contributed by atoms with Gasteiger partial charge in [-0.3, -0.25) is 25.0 Å². The molecule has 0 atom stereocenters. The summed E-state index contributed by atoms with van der Waals surface area (Å²) >= 11 is 0. The number of pyridine rings is 1. The first-order valence-corrected chi connectivity index (χ1v) is 7.41. The number of benzene rings is 2. The maximum Gasteiger partial charge on any atom is 0.276 e. The van der Waals surface area contributed by atoms with E-state index in [4.69, 9.17) is 0 Å². The van der Waals surface area contributed by atoms with E-state index in [1.165, 1.54) is 18.2 Å². The van der Waals surface area contributed by atoms with Gasteiger partial charge in [-0.15, -0.1) is 0 Å². The number of aromatic amines is 1. The van der Waals surface area contributed by atoms with Crippen LogP contribution in [0.5, 0.6) is 0 Å². The summed E-state index contributed by atoms with van der Waals surface area (Å²) in [7, 11) is 0. The second-order valence-electron chi connectivity index (χ2n) is 5.39. The zero-order valence-electron chi connectivity index (χ0n) is 12.8. The Labute approximate surface area is 140 Å². The lowest BCUT2D eigenvalue weighted by Crippen LogP contribution is -2.13. The summed E-state index contributed by atoms with van der Waals surface area (Å²) in [5, 5.41) is 21.7. The minimum absolute atomic E-state index is 0.0895. The molecule has 2 heterocycles. The average molecular weight is 333 g/mol. The largest absolute Gasteiger partial charge is 0.319 e. The van der Waals surface area contributed by atoms with Crippen LogP contribution in [0.1, 0.15) is 10.5 Å². The molecule has 0 radical (unpaired) electrons. The SMILES string of the molecule is O=C(Nc1cccc2cccnc12)c1n[nH]c2ccc([N+](=O)[O-])cc12. The Hall–Kier alpha value is -3.81.